The van der Waals surface area contributed by atoms with Gasteiger partial charge in [0.15, 0.2) is 0 Å². The van der Waals surface area contributed by atoms with E-state index in [0.717, 1.165) is 4.90 Å². The van der Waals surface area contributed by atoms with E-state index in [4.69, 9.17) is 4.74 Å². The Morgan fingerprint density at radius 2 is 1.65 bits per heavy atom. The van der Waals surface area contributed by atoms with Gasteiger partial charge < -0.3 is 9.64 Å². The Balaban J connectivity index is 1.95. The maximum atomic E-state index is 13.8. The number of hydrogen-bond acceptors (Lipinski definition) is 3. The fraction of sp³-hybridized carbons (Fsp3) is 0.267. The molecule has 1 fully saturated rings. The van der Waals surface area contributed by atoms with Gasteiger partial charge in [-0.25, -0.2) is 4.39 Å². The molecule has 2 heterocycles. The van der Waals surface area contributed by atoms with E-state index in [-0.39, 0.29) is 25.3 Å². The van der Waals surface area contributed by atoms with Crippen LogP contribution in [-0.2, 0) is 4.74 Å². The summed E-state index contributed by atoms with van der Waals surface area (Å²) in [6.07, 6.45) is -0.817. The van der Waals surface area contributed by atoms with Crippen molar-refractivity contribution in [1.82, 2.24) is 4.98 Å². The third-order valence-corrected chi connectivity index (χ3v) is 3.61. The summed E-state index contributed by atoms with van der Waals surface area (Å²) in [7, 11) is 0. The summed E-state index contributed by atoms with van der Waals surface area (Å²) < 4.78 is 73.4. The molecule has 1 aliphatic heterocycles. The standard InChI is InChI=1S/C15H11F5N2O/c16-9-4-2-1-3-8(9)10-7-22(5-6-23-10)13-11(17)14(19)21-15(20)12(13)18/h1-4,10H,5-7H2. The second-order valence-corrected chi connectivity index (χ2v) is 5.00. The Bertz CT molecular complexity index is 714. The number of anilines is 1. The maximum absolute atomic E-state index is 13.8. The van der Waals surface area contributed by atoms with E-state index in [1.165, 1.54) is 18.2 Å². The topological polar surface area (TPSA) is 25.4 Å². The molecule has 1 atom stereocenters. The monoisotopic (exact) mass is 330 g/mol. The van der Waals surface area contributed by atoms with Crippen LogP contribution in [0.1, 0.15) is 11.7 Å². The minimum atomic E-state index is -1.73. The molecule has 0 N–H and O–H groups in total. The molecule has 8 heteroatoms. The summed E-state index contributed by atoms with van der Waals surface area (Å²) in [5.41, 5.74) is -0.660. The Morgan fingerprint density at radius 3 is 2.30 bits per heavy atom. The Hall–Kier alpha value is -2.22. The largest absolute Gasteiger partial charge is 0.370 e. The van der Waals surface area contributed by atoms with Gasteiger partial charge in [-0.15, -0.1) is 0 Å². The average Bonchev–Trinajstić information content (AvgIpc) is 2.54. The minimum Gasteiger partial charge on any atom is -0.370 e. The molecule has 3 rings (SSSR count). The first-order valence-electron chi connectivity index (χ1n) is 6.80. The molecular weight excluding hydrogens is 319 g/mol. The molecule has 3 nitrogen and oxygen atoms in total. The summed E-state index contributed by atoms with van der Waals surface area (Å²) in [4.78, 5) is 3.60. The third kappa shape index (κ3) is 2.86. The Labute approximate surface area is 128 Å². The van der Waals surface area contributed by atoms with Crippen molar-refractivity contribution in [3.63, 3.8) is 0 Å². The number of ether oxygens (including phenoxy) is 1. The first-order chi connectivity index (χ1) is 11.0. The molecule has 1 unspecified atom stereocenters. The van der Waals surface area contributed by atoms with Crippen molar-refractivity contribution in [3.05, 3.63) is 59.2 Å². The number of aromatic nitrogens is 1. The molecule has 0 saturated carbocycles. The van der Waals surface area contributed by atoms with Crippen molar-refractivity contribution >= 4 is 5.69 Å². The Morgan fingerprint density at radius 1 is 1.00 bits per heavy atom. The van der Waals surface area contributed by atoms with Gasteiger partial charge in [0, 0.05) is 18.7 Å². The average molecular weight is 330 g/mol. The van der Waals surface area contributed by atoms with Crippen molar-refractivity contribution < 1.29 is 26.7 Å². The first kappa shape index (κ1) is 15.7. The minimum absolute atomic E-state index is 0.00167. The van der Waals surface area contributed by atoms with Crippen molar-refractivity contribution in [1.29, 1.82) is 0 Å². The second kappa shape index (κ2) is 6.11. The lowest BCUT2D eigenvalue weighted by Gasteiger charge is -2.35. The van der Waals surface area contributed by atoms with Gasteiger partial charge in [-0.1, -0.05) is 18.2 Å². The van der Waals surface area contributed by atoms with Gasteiger partial charge >= 0.3 is 0 Å². The number of hydrogen-bond donors (Lipinski definition) is 0. The van der Waals surface area contributed by atoms with Crippen LogP contribution in [0.4, 0.5) is 27.6 Å². The Kier molecular flexibility index (Phi) is 4.16. The van der Waals surface area contributed by atoms with Gasteiger partial charge in [-0.3, -0.25) is 0 Å². The van der Waals surface area contributed by atoms with Crippen LogP contribution in [0.25, 0.3) is 0 Å². The van der Waals surface area contributed by atoms with Crippen molar-refractivity contribution in [3.8, 4) is 0 Å². The highest BCUT2D eigenvalue weighted by Crippen LogP contribution is 2.31. The third-order valence-electron chi connectivity index (χ3n) is 3.61. The normalized spacial score (nSPS) is 18.3. The predicted octanol–water partition coefficient (Wildman–Crippen LogP) is 3.36. The van der Waals surface area contributed by atoms with Crippen LogP contribution in [0.3, 0.4) is 0 Å². The smallest absolute Gasteiger partial charge is 0.253 e. The van der Waals surface area contributed by atoms with E-state index in [2.05, 4.69) is 4.98 Å². The summed E-state index contributed by atoms with van der Waals surface area (Å²) >= 11 is 0. The first-order valence-corrected chi connectivity index (χ1v) is 6.80. The lowest BCUT2D eigenvalue weighted by molar-refractivity contribution is 0.0369. The number of morpholine rings is 1. The number of nitrogens with zero attached hydrogens (tertiary/aromatic N) is 2. The van der Waals surface area contributed by atoms with Gasteiger partial charge in [-0.05, 0) is 6.07 Å². The summed E-state index contributed by atoms with van der Waals surface area (Å²) in [5, 5.41) is 0. The van der Waals surface area contributed by atoms with Crippen LogP contribution < -0.4 is 4.90 Å². The lowest BCUT2D eigenvalue weighted by Crippen LogP contribution is -2.40. The fourth-order valence-electron chi connectivity index (χ4n) is 2.53. The van der Waals surface area contributed by atoms with Crippen molar-refractivity contribution in [2.75, 3.05) is 24.6 Å². The molecule has 1 saturated heterocycles. The molecule has 2 aromatic rings. The van der Waals surface area contributed by atoms with Gasteiger partial charge in [0.1, 0.15) is 17.6 Å². The van der Waals surface area contributed by atoms with Crippen LogP contribution in [0.5, 0.6) is 0 Å². The molecule has 23 heavy (non-hydrogen) atoms. The van der Waals surface area contributed by atoms with Crippen LogP contribution in [-0.4, -0.2) is 24.7 Å². The number of pyridine rings is 1. The molecule has 0 spiro atoms. The lowest BCUT2D eigenvalue weighted by atomic mass is 10.1. The second-order valence-electron chi connectivity index (χ2n) is 5.00. The number of halogens is 5. The van der Waals surface area contributed by atoms with E-state index in [9.17, 15) is 22.0 Å². The van der Waals surface area contributed by atoms with Crippen molar-refractivity contribution in [2.45, 2.75) is 6.10 Å². The van der Waals surface area contributed by atoms with E-state index in [0.29, 0.717) is 0 Å². The maximum Gasteiger partial charge on any atom is 0.253 e. The highest BCUT2D eigenvalue weighted by atomic mass is 19.2. The molecule has 0 bridgehead atoms. The molecule has 1 aliphatic rings. The van der Waals surface area contributed by atoms with Crippen LogP contribution in [0, 0.1) is 29.3 Å². The molecule has 0 aliphatic carbocycles. The van der Waals surface area contributed by atoms with E-state index < -0.39 is 41.1 Å². The molecule has 0 radical (unpaired) electrons. The van der Waals surface area contributed by atoms with Crippen molar-refractivity contribution in [2.24, 2.45) is 0 Å². The fourth-order valence-corrected chi connectivity index (χ4v) is 2.53. The van der Waals surface area contributed by atoms with Gasteiger partial charge in [0.25, 0.3) is 11.9 Å². The summed E-state index contributed by atoms with van der Waals surface area (Å²) in [6.45, 7) is -0.136. The number of benzene rings is 1. The van der Waals surface area contributed by atoms with Gasteiger partial charge in [0.2, 0.25) is 11.6 Å². The molecule has 0 amide bonds. The van der Waals surface area contributed by atoms with Gasteiger partial charge in [-0.2, -0.15) is 22.5 Å². The highest BCUT2D eigenvalue weighted by Gasteiger charge is 2.31. The van der Waals surface area contributed by atoms with Crippen LogP contribution in [0.2, 0.25) is 0 Å². The van der Waals surface area contributed by atoms with Gasteiger partial charge in [0.05, 0.1) is 6.61 Å². The highest BCUT2D eigenvalue weighted by molar-refractivity contribution is 5.49. The zero-order valence-corrected chi connectivity index (χ0v) is 11.7. The quantitative estimate of drug-likeness (QED) is 0.624. The van der Waals surface area contributed by atoms with E-state index in [1.807, 2.05) is 0 Å². The molecule has 122 valence electrons. The molecule has 1 aromatic heterocycles. The SMILES string of the molecule is Fc1ccccc1C1CN(c2c(F)c(F)nc(F)c2F)CCO1. The summed E-state index contributed by atoms with van der Waals surface area (Å²) in [6, 6.07) is 5.79. The van der Waals surface area contributed by atoms with E-state index >= 15 is 0 Å². The molecule has 1 aromatic carbocycles. The van der Waals surface area contributed by atoms with Crippen LogP contribution >= 0.6 is 0 Å². The molecular formula is C15H11F5N2O. The number of rotatable bonds is 2. The summed E-state index contributed by atoms with van der Waals surface area (Å²) in [5.74, 6) is -7.16. The van der Waals surface area contributed by atoms with Crippen LogP contribution in [0.15, 0.2) is 24.3 Å². The zero-order valence-electron chi connectivity index (χ0n) is 11.7. The zero-order chi connectivity index (χ0) is 16.6. The van der Waals surface area contributed by atoms with E-state index in [1.54, 1.807) is 6.07 Å². The predicted molar refractivity (Wildman–Crippen MR) is 71.4 cm³/mol.